The summed E-state index contributed by atoms with van der Waals surface area (Å²) in [5.74, 6) is 0.892. The van der Waals surface area contributed by atoms with E-state index >= 15 is 0 Å². The number of carbonyl (C=O) groups is 1. The van der Waals surface area contributed by atoms with E-state index in [2.05, 4.69) is 17.6 Å². The van der Waals surface area contributed by atoms with Crippen molar-refractivity contribution >= 4 is 27.9 Å². The van der Waals surface area contributed by atoms with Crippen molar-refractivity contribution in [1.29, 1.82) is 0 Å². The third kappa shape index (κ3) is 4.18. The first-order valence-electron chi connectivity index (χ1n) is 9.68. The van der Waals surface area contributed by atoms with Gasteiger partial charge in [0, 0.05) is 31.6 Å². The van der Waals surface area contributed by atoms with Gasteiger partial charge in [0.05, 0.1) is 17.1 Å². The quantitative estimate of drug-likeness (QED) is 0.628. The van der Waals surface area contributed by atoms with Crippen molar-refractivity contribution in [2.75, 3.05) is 13.1 Å². The number of fused-ring (bicyclic) bond motifs is 1. The van der Waals surface area contributed by atoms with Gasteiger partial charge in [0.25, 0.3) is 16.9 Å². The molecule has 7 nitrogen and oxygen atoms in total. The number of para-hydroxylation sites is 2. The average Bonchev–Trinajstić information content (AvgIpc) is 3.31. The van der Waals surface area contributed by atoms with Gasteiger partial charge in [0.2, 0.25) is 0 Å². The van der Waals surface area contributed by atoms with Crippen molar-refractivity contribution in [3.05, 3.63) is 65.5 Å². The van der Waals surface area contributed by atoms with Crippen molar-refractivity contribution in [3.8, 4) is 0 Å². The lowest BCUT2D eigenvalue weighted by molar-refractivity contribution is 0.0774. The second kappa shape index (κ2) is 8.34. The number of rotatable bonds is 6. The number of hydrogen-bond acceptors (Lipinski definition) is 5. The van der Waals surface area contributed by atoms with Crippen LogP contribution in [0.4, 0.5) is 0 Å². The van der Waals surface area contributed by atoms with Crippen LogP contribution in [0.25, 0.3) is 11.0 Å². The highest BCUT2D eigenvalue weighted by Gasteiger charge is 2.28. The molecule has 1 aromatic heterocycles. The fraction of sp³-hybridized carbons (Fsp3) is 0.333. The van der Waals surface area contributed by atoms with Gasteiger partial charge in [0.15, 0.2) is 0 Å². The van der Waals surface area contributed by atoms with E-state index < -0.39 is 17.1 Å². The number of likely N-dealkylation sites (tertiary alicyclic amines) is 1. The minimum Gasteiger partial charge on any atom is -0.336 e. The van der Waals surface area contributed by atoms with E-state index in [1.165, 1.54) is 0 Å². The van der Waals surface area contributed by atoms with Crippen LogP contribution in [-0.4, -0.2) is 48.0 Å². The molecule has 0 saturated carbocycles. The summed E-state index contributed by atoms with van der Waals surface area (Å²) in [7, 11) is -2.89. The SMILES string of the molecule is CCn1c(Cc2ccc(C(=O)N3CCC(O[SH](=O)=O)C3)cc2)nc2ccccc21. The first kappa shape index (κ1) is 19.6. The number of amides is 1. The Morgan fingerprint density at radius 1 is 1.17 bits per heavy atom. The van der Waals surface area contributed by atoms with Crippen molar-refractivity contribution < 1.29 is 17.4 Å². The number of thiol groups is 1. The maximum atomic E-state index is 12.7. The molecule has 3 aromatic rings. The lowest BCUT2D eigenvalue weighted by atomic mass is 10.1. The number of hydrogen-bond donors (Lipinski definition) is 1. The van der Waals surface area contributed by atoms with Gasteiger partial charge in [-0.15, -0.1) is 0 Å². The fourth-order valence-electron chi connectivity index (χ4n) is 3.86. The molecular weight excluding hydrogens is 390 g/mol. The molecule has 0 radical (unpaired) electrons. The Morgan fingerprint density at radius 2 is 1.93 bits per heavy atom. The summed E-state index contributed by atoms with van der Waals surface area (Å²) in [5, 5.41) is 0. The zero-order valence-electron chi connectivity index (χ0n) is 16.2. The van der Waals surface area contributed by atoms with Gasteiger partial charge in [-0.2, -0.15) is 0 Å². The molecule has 1 saturated heterocycles. The van der Waals surface area contributed by atoms with Gasteiger partial charge in [-0.3, -0.25) is 8.98 Å². The molecule has 0 bridgehead atoms. The van der Waals surface area contributed by atoms with Crippen LogP contribution >= 0.6 is 0 Å². The maximum Gasteiger partial charge on any atom is 0.257 e. The molecule has 0 N–H and O–H groups in total. The number of carbonyl (C=O) groups excluding carboxylic acids is 1. The van der Waals surface area contributed by atoms with E-state index in [0.717, 1.165) is 29.0 Å². The summed E-state index contributed by atoms with van der Waals surface area (Å²) >= 11 is 0. The Morgan fingerprint density at radius 3 is 2.66 bits per heavy atom. The van der Waals surface area contributed by atoms with Crippen molar-refractivity contribution in [3.63, 3.8) is 0 Å². The van der Waals surface area contributed by atoms with E-state index in [1.807, 2.05) is 42.5 Å². The van der Waals surface area contributed by atoms with Crippen LogP contribution in [-0.2, 0) is 28.1 Å². The van der Waals surface area contributed by atoms with Gasteiger partial charge in [0.1, 0.15) is 5.82 Å². The monoisotopic (exact) mass is 413 g/mol. The highest BCUT2D eigenvalue weighted by atomic mass is 32.2. The predicted molar refractivity (Wildman–Crippen MR) is 110 cm³/mol. The van der Waals surface area contributed by atoms with E-state index in [-0.39, 0.29) is 5.91 Å². The van der Waals surface area contributed by atoms with Crippen LogP contribution in [0.5, 0.6) is 0 Å². The lowest BCUT2D eigenvalue weighted by Crippen LogP contribution is -2.30. The molecule has 1 aliphatic heterocycles. The molecule has 2 heterocycles. The number of nitrogens with zero attached hydrogens (tertiary/aromatic N) is 3. The summed E-state index contributed by atoms with van der Waals surface area (Å²) < 4.78 is 28.4. The van der Waals surface area contributed by atoms with Gasteiger partial charge in [-0.25, -0.2) is 13.4 Å². The molecule has 1 aliphatic rings. The number of aryl methyl sites for hydroxylation is 1. The summed E-state index contributed by atoms with van der Waals surface area (Å²) in [6.45, 7) is 3.74. The van der Waals surface area contributed by atoms with Crippen molar-refractivity contribution in [2.45, 2.75) is 32.4 Å². The maximum absolute atomic E-state index is 12.7. The van der Waals surface area contributed by atoms with Gasteiger partial charge >= 0.3 is 0 Å². The third-order valence-electron chi connectivity index (χ3n) is 5.28. The Hall–Kier alpha value is -2.71. The second-order valence-electron chi connectivity index (χ2n) is 7.13. The molecule has 0 spiro atoms. The van der Waals surface area contributed by atoms with Crippen molar-refractivity contribution in [1.82, 2.24) is 14.5 Å². The molecule has 1 amide bonds. The zero-order valence-corrected chi connectivity index (χ0v) is 17.0. The second-order valence-corrected chi connectivity index (χ2v) is 7.78. The summed E-state index contributed by atoms with van der Waals surface area (Å²) in [6.07, 6.45) is 0.773. The first-order chi connectivity index (χ1) is 14.0. The standard InChI is InChI=1S/C21H23N3O4S/c1-2-24-19-6-4-3-5-18(19)22-20(24)13-15-7-9-16(10-8-15)21(25)23-12-11-17(14-23)28-29(26)27/h3-10,17,29H,2,11-14H2,1H3. The van der Waals surface area contributed by atoms with Crippen LogP contribution in [0.15, 0.2) is 48.5 Å². The van der Waals surface area contributed by atoms with Crippen molar-refractivity contribution in [2.24, 2.45) is 0 Å². The lowest BCUT2D eigenvalue weighted by Gasteiger charge is -2.16. The summed E-state index contributed by atoms with van der Waals surface area (Å²) in [4.78, 5) is 19.1. The van der Waals surface area contributed by atoms with Crippen LogP contribution in [0.3, 0.4) is 0 Å². The molecule has 29 heavy (non-hydrogen) atoms. The highest BCUT2D eigenvalue weighted by molar-refractivity contribution is 7.67. The minimum atomic E-state index is -2.89. The molecule has 152 valence electrons. The van der Waals surface area contributed by atoms with Crippen LogP contribution in [0, 0.1) is 0 Å². The predicted octanol–water partition coefficient (Wildman–Crippen LogP) is 2.40. The van der Waals surface area contributed by atoms with E-state index in [4.69, 9.17) is 9.17 Å². The smallest absolute Gasteiger partial charge is 0.257 e. The molecule has 1 atom stereocenters. The molecule has 0 aliphatic carbocycles. The molecule has 8 heteroatoms. The molecule has 1 unspecified atom stereocenters. The average molecular weight is 413 g/mol. The van der Waals surface area contributed by atoms with E-state index in [1.54, 1.807) is 4.90 Å². The Balaban J connectivity index is 1.47. The summed E-state index contributed by atoms with van der Waals surface area (Å²) in [5.41, 5.74) is 3.78. The topological polar surface area (TPSA) is 81.5 Å². The summed E-state index contributed by atoms with van der Waals surface area (Å²) in [6, 6.07) is 15.6. The van der Waals surface area contributed by atoms with Gasteiger partial charge < -0.3 is 9.47 Å². The Bertz CT molecular complexity index is 1100. The van der Waals surface area contributed by atoms with E-state index in [0.29, 0.717) is 31.5 Å². The Labute approximate surface area is 171 Å². The minimum absolute atomic E-state index is 0.107. The highest BCUT2D eigenvalue weighted by Crippen LogP contribution is 2.20. The largest absolute Gasteiger partial charge is 0.336 e. The number of benzene rings is 2. The zero-order chi connectivity index (χ0) is 20.4. The Kier molecular flexibility index (Phi) is 5.64. The normalized spacial score (nSPS) is 16.8. The molecule has 4 rings (SSSR count). The molecule has 2 aromatic carbocycles. The first-order valence-corrected chi connectivity index (χ1v) is 10.8. The van der Waals surface area contributed by atoms with Crippen LogP contribution < -0.4 is 0 Å². The van der Waals surface area contributed by atoms with Gasteiger partial charge in [-0.05, 0) is 43.2 Å². The number of imidazole rings is 1. The molecule has 1 fully saturated rings. The third-order valence-corrected chi connectivity index (χ3v) is 5.75. The molecular formula is C21H23N3O4S. The fourth-order valence-corrected chi connectivity index (χ4v) is 4.28. The number of aromatic nitrogens is 2. The van der Waals surface area contributed by atoms with Crippen LogP contribution in [0.2, 0.25) is 0 Å². The van der Waals surface area contributed by atoms with Crippen LogP contribution in [0.1, 0.15) is 35.1 Å². The van der Waals surface area contributed by atoms with Gasteiger partial charge in [-0.1, -0.05) is 24.3 Å². The van der Waals surface area contributed by atoms with E-state index in [9.17, 15) is 13.2 Å².